The van der Waals surface area contributed by atoms with Crippen molar-refractivity contribution in [1.29, 1.82) is 0 Å². The van der Waals surface area contributed by atoms with Gasteiger partial charge in [0.2, 0.25) is 0 Å². The molecule has 0 aliphatic rings. The van der Waals surface area contributed by atoms with Crippen LogP contribution in [0, 0.1) is 20.8 Å². The maximum absolute atomic E-state index is 6.30. The van der Waals surface area contributed by atoms with Crippen molar-refractivity contribution in [3.63, 3.8) is 0 Å². The van der Waals surface area contributed by atoms with Gasteiger partial charge in [-0.15, -0.1) is 0 Å². The maximum Gasteiger partial charge on any atom is 0.119 e. The molecule has 0 amide bonds. The number of aryl methyl sites for hydroxylation is 1. The SMILES string of the molecule is Cc1nn(CC(N)c2ccc(OC(C)C)cc2)c(C)c1C. The van der Waals surface area contributed by atoms with E-state index < -0.39 is 0 Å². The lowest BCUT2D eigenvalue weighted by Gasteiger charge is -2.15. The minimum absolute atomic E-state index is 0.0736. The molecule has 1 aromatic heterocycles. The minimum atomic E-state index is -0.0736. The fourth-order valence-corrected chi connectivity index (χ4v) is 2.32. The third-order valence-electron chi connectivity index (χ3n) is 3.79. The summed E-state index contributed by atoms with van der Waals surface area (Å²) < 4.78 is 7.64. The number of ether oxygens (including phenoxy) is 1. The minimum Gasteiger partial charge on any atom is -0.491 e. The average Bonchev–Trinajstić information content (AvgIpc) is 2.66. The standard InChI is InChI=1S/C17H25N3O/c1-11(2)21-16-8-6-15(7-9-16)17(18)10-20-14(5)12(3)13(4)19-20/h6-9,11,17H,10,18H2,1-5H3. The highest BCUT2D eigenvalue weighted by Crippen LogP contribution is 2.20. The number of benzene rings is 1. The Morgan fingerprint density at radius 2 is 1.76 bits per heavy atom. The van der Waals surface area contributed by atoms with Crippen molar-refractivity contribution in [3.8, 4) is 5.75 Å². The second-order valence-corrected chi connectivity index (χ2v) is 5.82. The number of nitrogens with two attached hydrogens (primary N) is 1. The molecule has 1 heterocycles. The average molecular weight is 287 g/mol. The molecule has 0 spiro atoms. The van der Waals surface area contributed by atoms with Crippen molar-refractivity contribution in [3.05, 3.63) is 46.8 Å². The molecule has 0 saturated heterocycles. The van der Waals surface area contributed by atoms with Gasteiger partial charge in [-0.1, -0.05) is 12.1 Å². The molecule has 0 bridgehead atoms. The van der Waals surface area contributed by atoms with E-state index in [0.717, 1.165) is 17.0 Å². The van der Waals surface area contributed by atoms with Gasteiger partial charge in [0.25, 0.3) is 0 Å². The van der Waals surface area contributed by atoms with E-state index in [-0.39, 0.29) is 12.1 Å². The van der Waals surface area contributed by atoms with Gasteiger partial charge in [-0.2, -0.15) is 5.10 Å². The van der Waals surface area contributed by atoms with Crippen LogP contribution in [0.25, 0.3) is 0 Å². The first-order valence-corrected chi connectivity index (χ1v) is 7.41. The summed E-state index contributed by atoms with van der Waals surface area (Å²) in [6, 6.07) is 7.93. The zero-order chi connectivity index (χ0) is 15.6. The van der Waals surface area contributed by atoms with Gasteiger partial charge in [-0.25, -0.2) is 0 Å². The van der Waals surface area contributed by atoms with Gasteiger partial charge in [0.15, 0.2) is 0 Å². The van der Waals surface area contributed by atoms with E-state index in [2.05, 4.69) is 18.9 Å². The van der Waals surface area contributed by atoms with Gasteiger partial charge in [-0.3, -0.25) is 4.68 Å². The molecule has 2 rings (SSSR count). The van der Waals surface area contributed by atoms with E-state index in [1.807, 2.05) is 49.7 Å². The highest BCUT2D eigenvalue weighted by atomic mass is 16.5. The van der Waals surface area contributed by atoms with Gasteiger partial charge >= 0.3 is 0 Å². The summed E-state index contributed by atoms with van der Waals surface area (Å²) in [6.45, 7) is 10.9. The molecule has 2 aromatic rings. The molecule has 4 nitrogen and oxygen atoms in total. The van der Waals surface area contributed by atoms with Crippen molar-refractivity contribution in [2.24, 2.45) is 5.73 Å². The molecule has 0 fully saturated rings. The molecule has 0 saturated carbocycles. The molecule has 0 aliphatic heterocycles. The van der Waals surface area contributed by atoms with Crippen LogP contribution in [0.5, 0.6) is 5.75 Å². The van der Waals surface area contributed by atoms with E-state index in [1.54, 1.807) is 0 Å². The Kier molecular flexibility index (Phi) is 4.68. The Balaban J connectivity index is 2.09. The summed E-state index contributed by atoms with van der Waals surface area (Å²) in [5.41, 5.74) is 10.9. The topological polar surface area (TPSA) is 53.1 Å². The predicted octanol–water partition coefficient (Wildman–Crippen LogP) is 3.30. The van der Waals surface area contributed by atoms with Crippen LogP contribution in [0.4, 0.5) is 0 Å². The smallest absolute Gasteiger partial charge is 0.119 e. The van der Waals surface area contributed by atoms with Gasteiger partial charge in [0.1, 0.15) is 5.75 Å². The zero-order valence-electron chi connectivity index (χ0n) is 13.6. The van der Waals surface area contributed by atoms with Crippen molar-refractivity contribution in [2.75, 3.05) is 0 Å². The number of hydrogen-bond acceptors (Lipinski definition) is 3. The van der Waals surface area contributed by atoms with Crippen molar-refractivity contribution < 1.29 is 4.74 Å². The molecule has 0 radical (unpaired) electrons. The molecule has 1 aromatic carbocycles. The second-order valence-electron chi connectivity index (χ2n) is 5.82. The molecule has 1 unspecified atom stereocenters. The Hall–Kier alpha value is -1.81. The Bertz CT molecular complexity index is 599. The monoisotopic (exact) mass is 287 g/mol. The van der Waals surface area contributed by atoms with E-state index in [9.17, 15) is 0 Å². The van der Waals surface area contributed by atoms with Crippen LogP contribution in [0.2, 0.25) is 0 Å². The van der Waals surface area contributed by atoms with Crippen LogP contribution in [0.1, 0.15) is 42.4 Å². The normalized spacial score (nSPS) is 12.7. The van der Waals surface area contributed by atoms with Crippen LogP contribution < -0.4 is 10.5 Å². The lowest BCUT2D eigenvalue weighted by Crippen LogP contribution is -2.19. The summed E-state index contributed by atoms with van der Waals surface area (Å²) >= 11 is 0. The van der Waals surface area contributed by atoms with Gasteiger partial charge in [0, 0.05) is 11.7 Å². The first kappa shape index (κ1) is 15.6. The summed E-state index contributed by atoms with van der Waals surface area (Å²) in [4.78, 5) is 0. The second kappa shape index (κ2) is 6.31. The summed E-state index contributed by atoms with van der Waals surface area (Å²) in [5, 5.41) is 4.54. The van der Waals surface area contributed by atoms with E-state index in [1.165, 1.54) is 11.3 Å². The van der Waals surface area contributed by atoms with E-state index in [0.29, 0.717) is 6.54 Å². The molecule has 114 valence electrons. The fraction of sp³-hybridized carbons (Fsp3) is 0.471. The molecular weight excluding hydrogens is 262 g/mol. The summed E-state index contributed by atoms with van der Waals surface area (Å²) in [7, 11) is 0. The first-order chi connectivity index (χ1) is 9.88. The Morgan fingerprint density at radius 3 is 2.24 bits per heavy atom. The largest absolute Gasteiger partial charge is 0.491 e. The van der Waals surface area contributed by atoms with Crippen LogP contribution >= 0.6 is 0 Å². The van der Waals surface area contributed by atoms with E-state index >= 15 is 0 Å². The third-order valence-corrected chi connectivity index (χ3v) is 3.79. The van der Waals surface area contributed by atoms with Crippen LogP contribution in [0.3, 0.4) is 0 Å². The Labute approximate surface area is 126 Å². The lowest BCUT2D eigenvalue weighted by molar-refractivity contribution is 0.242. The number of hydrogen-bond donors (Lipinski definition) is 1. The van der Waals surface area contributed by atoms with Crippen LogP contribution in [-0.2, 0) is 6.54 Å². The number of rotatable bonds is 5. The van der Waals surface area contributed by atoms with Gasteiger partial charge in [-0.05, 0) is 57.9 Å². The highest BCUT2D eigenvalue weighted by Gasteiger charge is 2.12. The van der Waals surface area contributed by atoms with E-state index in [4.69, 9.17) is 10.5 Å². The van der Waals surface area contributed by atoms with Crippen molar-refractivity contribution in [2.45, 2.75) is 53.3 Å². The maximum atomic E-state index is 6.30. The molecule has 4 heteroatoms. The van der Waals surface area contributed by atoms with Crippen molar-refractivity contribution in [1.82, 2.24) is 9.78 Å². The molecule has 2 N–H and O–H groups in total. The molecular formula is C17H25N3O. The van der Waals surface area contributed by atoms with Crippen molar-refractivity contribution >= 4 is 0 Å². The Morgan fingerprint density at radius 1 is 1.14 bits per heavy atom. The quantitative estimate of drug-likeness (QED) is 0.918. The first-order valence-electron chi connectivity index (χ1n) is 7.41. The number of aromatic nitrogens is 2. The summed E-state index contributed by atoms with van der Waals surface area (Å²) in [5.74, 6) is 0.878. The van der Waals surface area contributed by atoms with Gasteiger partial charge < -0.3 is 10.5 Å². The third kappa shape index (κ3) is 3.64. The molecule has 0 aliphatic carbocycles. The summed E-state index contributed by atoms with van der Waals surface area (Å²) in [6.07, 6.45) is 0.183. The van der Waals surface area contributed by atoms with Crippen LogP contribution in [0.15, 0.2) is 24.3 Å². The van der Waals surface area contributed by atoms with Crippen LogP contribution in [-0.4, -0.2) is 15.9 Å². The molecule has 1 atom stereocenters. The highest BCUT2D eigenvalue weighted by molar-refractivity contribution is 5.29. The lowest BCUT2D eigenvalue weighted by atomic mass is 10.1. The van der Waals surface area contributed by atoms with Gasteiger partial charge in [0.05, 0.1) is 18.3 Å². The zero-order valence-corrected chi connectivity index (χ0v) is 13.6. The molecule has 21 heavy (non-hydrogen) atoms. The fourth-order valence-electron chi connectivity index (χ4n) is 2.32. The predicted molar refractivity (Wildman–Crippen MR) is 85.6 cm³/mol. The number of nitrogens with zero attached hydrogens (tertiary/aromatic N) is 2.